The maximum absolute atomic E-state index is 5.70. The zero-order valence-electron chi connectivity index (χ0n) is 7.42. The average molecular weight is 153 g/mol. The Balaban J connectivity index is 1.90. The van der Waals surface area contributed by atoms with Crippen LogP contribution in [0.4, 0.5) is 0 Å². The van der Waals surface area contributed by atoms with Gasteiger partial charge in [0.15, 0.2) is 0 Å². The van der Waals surface area contributed by atoms with E-state index in [1.54, 1.807) is 0 Å². The van der Waals surface area contributed by atoms with E-state index in [-0.39, 0.29) is 0 Å². The summed E-state index contributed by atoms with van der Waals surface area (Å²) in [6.07, 6.45) is 5.97. The van der Waals surface area contributed by atoms with Crippen molar-refractivity contribution in [3.05, 3.63) is 0 Å². The molecule has 2 saturated carbocycles. The minimum absolute atomic E-state index is 0.787. The lowest BCUT2D eigenvalue weighted by molar-refractivity contribution is 0.285. The quantitative estimate of drug-likeness (QED) is 0.657. The Kier molecular flexibility index (Phi) is 1.92. The standard InChI is InChI=1S/C10H19N/c1-7(6-11)10(8-2-3-8)9-4-5-9/h7-10H,2-6,11H2,1H3/t7-/m1/s1. The van der Waals surface area contributed by atoms with Crippen LogP contribution in [0.2, 0.25) is 0 Å². The third-order valence-corrected chi connectivity index (χ3v) is 3.36. The highest BCUT2D eigenvalue weighted by atomic mass is 14.6. The molecule has 2 fully saturated rings. The molecule has 0 aliphatic heterocycles. The molecule has 0 aromatic carbocycles. The minimum atomic E-state index is 0.787. The first-order valence-electron chi connectivity index (χ1n) is 5.03. The van der Waals surface area contributed by atoms with E-state index in [0.717, 1.165) is 30.2 Å². The second-order valence-electron chi connectivity index (χ2n) is 4.47. The number of hydrogen-bond donors (Lipinski definition) is 1. The Morgan fingerprint density at radius 1 is 1.18 bits per heavy atom. The first-order valence-corrected chi connectivity index (χ1v) is 5.03. The molecule has 0 radical (unpaired) electrons. The molecule has 0 aromatic heterocycles. The molecule has 2 rings (SSSR count). The number of hydrogen-bond acceptors (Lipinski definition) is 1. The van der Waals surface area contributed by atoms with Gasteiger partial charge in [0.2, 0.25) is 0 Å². The lowest BCUT2D eigenvalue weighted by Gasteiger charge is -2.21. The molecule has 2 aliphatic carbocycles. The maximum Gasteiger partial charge on any atom is -0.00487 e. The second kappa shape index (κ2) is 2.78. The van der Waals surface area contributed by atoms with Gasteiger partial charge in [-0.1, -0.05) is 6.92 Å². The molecule has 0 heterocycles. The van der Waals surface area contributed by atoms with E-state index in [1.165, 1.54) is 25.7 Å². The average Bonchev–Trinajstić information content (AvgIpc) is 2.81. The Morgan fingerprint density at radius 3 is 1.91 bits per heavy atom. The minimum Gasteiger partial charge on any atom is -0.330 e. The zero-order valence-corrected chi connectivity index (χ0v) is 7.42. The smallest absolute Gasteiger partial charge is 0.00487 e. The van der Waals surface area contributed by atoms with E-state index in [2.05, 4.69) is 6.92 Å². The predicted molar refractivity (Wildman–Crippen MR) is 47.2 cm³/mol. The van der Waals surface area contributed by atoms with Crippen molar-refractivity contribution in [2.75, 3.05) is 6.54 Å². The van der Waals surface area contributed by atoms with Crippen molar-refractivity contribution in [3.8, 4) is 0 Å². The summed E-state index contributed by atoms with van der Waals surface area (Å²) in [6, 6.07) is 0. The van der Waals surface area contributed by atoms with E-state index in [4.69, 9.17) is 5.73 Å². The van der Waals surface area contributed by atoms with Crippen molar-refractivity contribution < 1.29 is 0 Å². The summed E-state index contributed by atoms with van der Waals surface area (Å²) in [7, 11) is 0. The second-order valence-corrected chi connectivity index (χ2v) is 4.47. The Labute approximate surface area is 69.4 Å². The monoisotopic (exact) mass is 153 g/mol. The molecule has 1 atom stereocenters. The summed E-state index contributed by atoms with van der Waals surface area (Å²) in [5.74, 6) is 3.93. The molecule has 1 nitrogen and oxygen atoms in total. The van der Waals surface area contributed by atoms with E-state index >= 15 is 0 Å². The maximum atomic E-state index is 5.70. The van der Waals surface area contributed by atoms with Gasteiger partial charge in [0.05, 0.1) is 0 Å². The molecule has 0 saturated heterocycles. The van der Waals surface area contributed by atoms with Gasteiger partial charge in [0.25, 0.3) is 0 Å². The first-order chi connectivity index (χ1) is 5.33. The lowest BCUT2D eigenvalue weighted by atomic mass is 9.85. The number of rotatable bonds is 4. The van der Waals surface area contributed by atoms with Gasteiger partial charge in [-0.25, -0.2) is 0 Å². The highest BCUT2D eigenvalue weighted by molar-refractivity contribution is 4.93. The normalized spacial score (nSPS) is 27.5. The molecule has 1 heteroatoms. The van der Waals surface area contributed by atoms with Gasteiger partial charge in [0, 0.05) is 0 Å². The van der Waals surface area contributed by atoms with Gasteiger partial charge in [-0.15, -0.1) is 0 Å². The fraction of sp³-hybridized carbons (Fsp3) is 1.00. The van der Waals surface area contributed by atoms with Crippen molar-refractivity contribution in [3.63, 3.8) is 0 Å². The fourth-order valence-corrected chi connectivity index (χ4v) is 2.43. The Bertz CT molecular complexity index is 124. The van der Waals surface area contributed by atoms with Crippen molar-refractivity contribution in [2.45, 2.75) is 32.6 Å². The lowest BCUT2D eigenvalue weighted by Crippen LogP contribution is -2.23. The van der Waals surface area contributed by atoms with Crippen LogP contribution in [0.15, 0.2) is 0 Å². The van der Waals surface area contributed by atoms with Gasteiger partial charge < -0.3 is 5.73 Å². The molecule has 0 bridgehead atoms. The largest absolute Gasteiger partial charge is 0.330 e. The third-order valence-electron chi connectivity index (χ3n) is 3.36. The van der Waals surface area contributed by atoms with E-state index in [9.17, 15) is 0 Å². The van der Waals surface area contributed by atoms with Crippen LogP contribution >= 0.6 is 0 Å². The van der Waals surface area contributed by atoms with Gasteiger partial charge in [-0.3, -0.25) is 0 Å². The van der Waals surface area contributed by atoms with Crippen LogP contribution in [-0.2, 0) is 0 Å². The van der Waals surface area contributed by atoms with Crippen LogP contribution in [0.5, 0.6) is 0 Å². The highest BCUT2D eigenvalue weighted by Gasteiger charge is 2.43. The van der Waals surface area contributed by atoms with Gasteiger partial charge in [-0.05, 0) is 55.9 Å². The Hall–Kier alpha value is -0.0400. The molecule has 0 spiro atoms. The molecular formula is C10H19N. The van der Waals surface area contributed by atoms with Crippen molar-refractivity contribution in [2.24, 2.45) is 29.4 Å². The summed E-state index contributed by atoms with van der Waals surface area (Å²) >= 11 is 0. The summed E-state index contributed by atoms with van der Waals surface area (Å²) in [6.45, 7) is 3.24. The molecule has 11 heavy (non-hydrogen) atoms. The SMILES string of the molecule is C[C@H](CN)C(C1CC1)C1CC1. The van der Waals surface area contributed by atoms with Gasteiger partial charge >= 0.3 is 0 Å². The molecule has 0 amide bonds. The predicted octanol–water partition coefficient (Wildman–Crippen LogP) is 2.02. The van der Waals surface area contributed by atoms with Crippen LogP contribution < -0.4 is 5.73 Å². The molecule has 0 aromatic rings. The number of nitrogens with two attached hydrogens (primary N) is 1. The van der Waals surface area contributed by atoms with E-state index in [0.29, 0.717) is 0 Å². The Morgan fingerprint density at radius 2 is 1.64 bits per heavy atom. The molecule has 2 N–H and O–H groups in total. The van der Waals surface area contributed by atoms with E-state index in [1.807, 2.05) is 0 Å². The van der Waals surface area contributed by atoms with Crippen LogP contribution in [0, 0.1) is 23.7 Å². The summed E-state index contributed by atoms with van der Waals surface area (Å²) < 4.78 is 0. The molecule has 2 aliphatic rings. The first kappa shape index (κ1) is 7.60. The zero-order chi connectivity index (χ0) is 7.84. The van der Waals surface area contributed by atoms with Crippen LogP contribution in [0.25, 0.3) is 0 Å². The summed E-state index contributed by atoms with van der Waals surface area (Å²) in [5.41, 5.74) is 5.70. The van der Waals surface area contributed by atoms with Crippen LogP contribution in [0.3, 0.4) is 0 Å². The van der Waals surface area contributed by atoms with Crippen molar-refractivity contribution >= 4 is 0 Å². The van der Waals surface area contributed by atoms with Gasteiger partial charge in [0.1, 0.15) is 0 Å². The molecule has 64 valence electrons. The summed E-state index contributed by atoms with van der Waals surface area (Å²) in [5, 5.41) is 0. The van der Waals surface area contributed by atoms with Gasteiger partial charge in [-0.2, -0.15) is 0 Å². The van der Waals surface area contributed by atoms with Crippen LogP contribution in [-0.4, -0.2) is 6.54 Å². The van der Waals surface area contributed by atoms with Crippen molar-refractivity contribution in [1.29, 1.82) is 0 Å². The fourth-order valence-electron chi connectivity index (χ4n) is 2.43. The third kappa shape index (κ3) is 1.58. The topological polar surface area (TPSA) is 26.0 Å². The summed E-state index contributed by atoms with van der Waals surface area (Å²) in [4.78, 5) is 0. The van der Waals surface area contributed by atoms with Crippen LogP contribution in [0.1, 0.15) is 32.6 Å². The molecule has 0 unspecified atom stereocenters. The van der Waals surface area contributed by atoms with Crippen molar-refractivity contribution in [1.82, 2.24) is 0 Å². The van der Waals surface area contributed by atoms with E-state index < -0.39 is 0 Å². The molecular weight excluding hydrogens is 134 g/mol. The highest BCUT2D eigenvalue weighted by Crippen LogP contribution is 2.52.